The van der Waals surface area contributed by atoms with Crippen LogP contribution in [0.1, 0.15) is 17.2 Å². The van der Waals surface area contributed by atoms with Crippen molar-refractivity contribution in [3.05, 3.63) is 66.0 Å². The molecule has 0 amide bonds. The lowest BCUT2D eigenvalue weighted by molar-refractivity contribution is 0.108. The summed E-state index contributed by atoms with van der Waals surface area (Å²) < 4.78 is 7.20. The molecular weight excluding hydrogens is 280 g/mol. The van der Waals surface area contributed by atoms with Crippen LogP contribution >= 0.6 is 0 Å². The highest BCUT2D eigenvalue weighted by molar-refractivity contribution is 5.38. The van der Waals surface area contributed by atoms with Gasteiger partial charge in [0.2, 0.25) is 0 Å². The smallest absolute Gasteiger partial charge is 0.143 e. The van der Waals surface area contributed by atoms with Crippen LogP contribution in [-0.4, -0.2) is 31.9 Å². The SMILES string of the molecule is Cc1ccc([C@H](O)COc2cccc(-n3cnnn3)c2)cc1. The van der Waals surface area contributed by atoms with Gasteiger partial charge in [0, 0.05) is 6.07 Å². The minimum atomic E-state index is -0.669. The highest BCUT2D eigenvalue weighted by atomic mass is 16.5. The Labute approximate surface area is 128 Å². The Morgan fingerprint density at radius 2 is 2.00 bits per heavy atom. The Kier molecular flexibility index (Phi) is 4.11. The molecule has 0 aliphatic heterocycles. The van der Waals surface area contributed by atoms with E-state index in [0.29, 0.717) is 5.75 Å². The van der Waals surface area contributed by atoms with Crippen LogP contribution in [0.5, 0.6) is 5.75 Å². The molecule has 0 radical (unpaired) electrons. The van der Waals surface area contributed by atoms with Gasteiger partial charge in [-0.2, -0.15) is 0 Å². The number of rotatable bonds is 5. The Morgan fingerprint density at radius 3 is 2.73 bits per heavy atom. The monoisotopic (exact) mass is 296 g/mol. The Balaban J connectivity index is 1.66. The average Bonchev–Trinajstić information content (AvgIpc) is 3.08. The first-order chi connectivity index (χ1) is 10.7. The summed E-state index contributed by atoms with van der Waals surface area (Å²) in [6.45, 7) is 2.19. The number of aliphatic hydroxyl groups excluding tert-OH is 1. The zero-order valence-corrected chi connectivity index (χ0v) is 12.1. The van der Waals surface area contributed by atoms with Crippen LogP contribution in [0.4, 0.5) is 0 Å². The summed E-state index contributed by atoms with van der Waals surface area (Å²) in [6.07, 6.45) is 0.845. The molecular formula is C16H16N4O2. The molecule has 3 rings (SSSR count). The van der Waals surface area contributed by atoms with Crippen molar-refractivity contribution in [1.82, 2.24) is 20.2 Å². The summed E-state index contributed by atoms with van der Waals surface area (Å²) in [5.74, 6) is 0.652. The molecule has 6 nitrogen and oxygen atoms in total. The third-order valence-corrected chi connectivity index (χ3v) is 3.30. The molecule has 1 heterocycles. The molecule has 1 aromatic heterocycles. The standard InChI is InChI=1S/C16H16N4O2/c1-12-5-7-13(8-6-12)16(21)10-22-15-4-2-3-14(9-15)20-11-17-18-19-20/h2-9,11,16,21H,10H2,1H3/t16-/m1/s1. The fourth-order valence-corrected chi connectivity index (χ4v) is 2.06. The molecule has 0 bridgehead atoms. The van der Waals surface area contributed by atoms with Crippen LogP contribution in [0.15, 0.2) is 54.9 Å². The number of nitrogens with zero attached hydrogens (tertiary/aromatic N) is 4. The fraction of sp³-hybridized carbons (Fsp3) is 0.188. The molecule has 1 N–H and O–H groups in total. The van der Waals surface area contributed by atoms with Gasteiger partial charge in [-0.25, -0.2) is 4.68 Å². The van der Waals surface area contributed by atoms with Gasteiger partial charge in [0.25, 0.3) is 0 Å². The minimum Gasteiger partial charge on any atom is -0.490 e. The maximum Gasteiger partial charge on any atom is 0.143 e. The Morgan fingerprint density at radius 1 is 1.18 bits per heavy atom. The third kappa shape index (κ3) is 3.29. The molecule has 0 aliphatic rings. The number of hydrogen-bond donors (Lipinski definition) is 1. The molecule has 1 atom stereocenters. The van der Waals surface area contributed by atoms with Crippen molar-refractivity contribution < 1.29 is 9.84 Å². The second kappa shape index (κ2) is 6.36. The van der Waals surface area contributed by atoms with Gasteiger partial charge in [-0.3, -0.25) is 0 Å². The van der Waals surface area contributed by atoms with E-state index >= 15 is 0 Å². The number of tetrazole rings is 1. The van der Waals surface area contributed by atoms with Gasteiger partial charge in [0.05, 0.1) is 5.69 Å². The van der Waals surface area contributed by atoms with Gasteiger partial charge in [-0.05, 0) is 35.0 Å². The van der Waals surface area contributed by atoms with Gasteiger partial charge >= 0.3 is 0 Å². The summed E-state index contributed by atoms with van der Waals surface area (Å²) in [5, 5.41) is 21.2. The second-order valence-corrected chi connectivity index (χ2v) is 4.99. The lowest BCUT2D eigenvalue weighted by Crippen LogP contribution is -2.09. The van der Waals surface area contributed by atoms with Crippen LogP contribution in [0, 0.1) is 6.92 Å². The van der Waals surface area contributed by atoms with E-state index in [1.165, 1.54) is 6.33 Å². The number of aliphatic hydroxyl groups is 1. The molecule has 0 spiro atoms. The van der Waals surface area contributed by atoms with E-state index in [1.807, 2.05) is 55.5 Å². The van der Waals surface area contributed by atoms with Crippen molar-refractivity contribution in [2.45, 2.75) is 13.0 Å². The van der Waals surface area contributed by atoms with E-state index in [1.54, 1.807) is 4.68 Å². The van der Waals surface area contributed by atoms with Gasteiger partial charge in [0.15, 0.2) is 0 Å². The van der Waals surface area contributed by atoms with E-state index in [2.05, 4.69) is 15.5 Å². The zero-order chi connectivity index (χ0) is 15.4. The number of hydrogen-bond acceptors (Lipinski definition) is 5. The van der Waals surface area contributed by atoms with E-state index in [-0.39, 0.29) is 6.61 Å². The van der Waals surface area contributed by atoms with Crippen LogP contribution in [0.25, 0.3) is 5.69 Å². The van der Waals surface area contributed by atoms with Gasteiger partial charge < -0.3 is 9.84 Å². The first-order valence-electron chi connectivity index (χ1n) is 6.93. The van der Waals surface area contributed by atoms with Crippen molar-refractivity contribution in [2.75, 3.05) is 6.61 Å². The summed E-state index contributed by atoms with van der Waals surface area (Å²) >= 11 is 0. The van der Waals surface area contributed by atoms with Crippen molar-refractivity contribution in [3.8, 4) is 11.4 Å². The first-order valence-corrected chi connectivity index (χ1v) is 6.93. The normalized spacial score (nSPS) is 12.1. The summed E-state index contributed by atoms with van der Waals surface area (Å²) in [4.78, 5) is 0. The molecule has 3 aromatic rings. The van der Waals surface area contributed by atoms with Crippen molar-refractivity contribution >= 4 is 0 Å². The maximum absolute atomic E-state index is 10.2. The van der Waals surface area contributed by atoms with Gasteiger partial charge in [-0.1, -0.05) is 35.9 Å². The number of ether oxygens (including phenoxy) is 1. The predicted octanol–water partition coefficient (Wildman–Crippen LogP) is 2.08. The molecule has 0 aliphatic carbocycles. The third-order valence-electron chi connectivity index (χ3n) is 3.30. The van der Waals surface area contributed by atoms with E-state index in [9.17, 15) is 5.11 Å². The number of aryl methyl sites for hydroxylation is 1. The van der Waals surface area contributed by atoms with Crippen LogP contribution in [0.2, 0.25) is 0 Å². The van der Waals surface area contributed by atoms with Gasteiger partial charge in [-0.15, -0.1) is 5.10 Å². The topological polar surface area (TPSA) is 73.1 Å². The summed E-state index contributed by atoms with van der Waals surface area (Å²) in [7, 11) is 0. The predicted molar refractivity (Wildman–Crippen MR) is 80.8 cm³/mol. The molecule has 0 saturated carbocycles. The van der Waals surface area contributed by atoms with Crippen molar-refractivity contribution in [1.29, 1.82) is 0 Å². The molecule has 0 unspecified atom stereocenters. The molecule has 0 saturated heterocycles. The van der Waals surface area contributed by atoms with Crippen LogP contribution in [0.3, 0.4) is 0 Å². The van der Waals surface area contributed by atoms with E-state index in [0.717, 1.165) is 16.8 Å². The lowest BCUT2D eigenvalue weighted by Gasteiger charge is -2.13. The quantitative estimate of drug-likeness (QED) is 0.780. The maximum atomic E-state index is 10.2. The summed E-state index contributed by atoms with van der Waals surface area (Å²) in [5.41, 5.74) is 2.79. The average molecular weight is 296 g/mol. The Hall–Kier alpha value is -2.73. The van der Waals surface area contributed by atoms with Crippen LogP contribution < -0.4 is 4.74 Å². The van der Waals surface area contributed by atoms with E-state index in [4.69, 9.17) is 4.74 Å². The minimum absolute atomic E-state index is 0.183. The lowest BCUT2D eigenvalue weighted by atomic mass is 10.1. The van der Waals surface area contributed by atoms with Crippen molar-refractivity contribution in [2.24, 2.45) is 0 Å². The largest absolute Gasteiger partial charge is 0.490 e. The highest BCUT2D eigenvalue weighted by Gasteiger charge is 2.09. The van der Waals surface area contributed by atoms with E-state index < -0.39 is 6.10 Å². The Bertz CT molecular complexity index is 726. The first kappa shape index (κ1) is 14.2. The van der Waals surface area contributed by atoms with Crippen molar-refractivity contribution in [3.63, 3.8) is 0 Å². The number of aromatic nitrogens is 4. The molecule has 6 heteroatoms. The molecule has 22 heavy (non-hydrogen) atoms. The molecule has 2 aromatic carbocycles. The van der Waals surface area contributed by atoms with Crippen LogP contribution in [-0.2, 0) is 0 Å². The fourth-order valence-electron chi connectivity index (χ4n) is 2.06. The second-order valence-electron chi connectivity index (χ2n) is 4.99. The summed E-state index contributed by atoms with van der Waals surface area (Å²) in [6, 6.07) is 15.1. The van der Waals surface area contributed by atoms with Gasteiger partial charge in [0.1, 0.15) is 24.8 Å². The molecule has 112 valence electrons. The highest BCUT2D eigenvalue weighted by Crippen LogP contribution is 2.19. The zero-order valence-electron chi connectivity index (χ0n) is 12.1. The number of benzene rings is 2. The molecule has 0 fully saturated rings.